The minimum absolute atomic E-state index is 0.0447. The Morgan fingerprint density at radius 1 is 1.22 bits per heavy atom. The molecule has 0 spiro atoms. The lowest BCUT2D eigenvalue weighted by atomic mass is 9.92. The first-order valence-corrected chi connectivity index (χ1v) is 9.31. The molecule has 1 saturated heterocycles. The molecule has 0 saturated carbocycles. The van der Waals surface area contributed by atoms with Crippen molar-refractivity contribution in [1.29, 1.82) is 0 Å². The van der Waals surface area contributed by atoms with Crippen LogP contribution in [-0.2, 0) is 0 Å². The zero-order chi connectivity index (χ0) is 18.8. The summed E-state index contributed by atoms with van der Waals surface area (Å²) >= 11 is 0. The van der Waals surface area contributed by atoms with E-state index in [1.54, 1.807) is 19.4 Å². The molecule has 0 aliphatic carbocycles. The maximum atomic E-state index is 12.8. The number of methoxy groups -OCH3 is 1. The number of rotatable bonds is 4. The normalized spacial score (nSPS) is 17.1. The number of hydrogen-bond acceptors (Lipinski definition) is 5. The van der Waals surface area contributed by atoms with Crippen LogP contribution in [0, 0.1) is 12.8 Å². The minimum atomic E-state index is -0.0447. The highest BCUT2D eigenvalue weighted by molar-refractivity contribution is 5.96. The number of pyridine rings is 2. The second-order valence-corrected chi connectivity index (χ2v) is 7.04. The molecule has 4 rings (SSSR count). The Kier molecular flexibility index (Phi) is 4.75. The van der Waals surface area contributed by atoms with Crippen LogP contribution >= 0.6 is 0 Å². The largest absolute Gasteiger partial charge is 0.497 e. The number of hydrogen-bond donors (Lipinski definition) is 0. The van der Waals surface area contributed by atoms with E-state index in [0.717, 1.165) is 41.9 Å². The first-order chi connectivity index (χ1) is 13.2. The van der Waals surface area contributed by atoms with Crippen molar-refractivity contribution in [3.05, 3.63) is 59.9 Å². The summed E-state index contributed by atoms with van der Waals surface area (Å²) in [6, 6.07) is 13.6. The van der Waals surface area contributed by atoms with Crippen LogP contribution in [0.3, 0.4) is 0 Å². The van der Waals surface area contributed by atoms with Crippen molar-refractivity contribution in [2.24, 2.45) is 5.92 Å². The molecule has 5 nitrogen and oxygen atoms in total. The average molecular weight is 361 g/mol. The van der Waals surface area contributed by atoms with Crippen LogP contribution < -0.4 is 9.64 Å². The van der Waals surface area contributed by atoms with Crippen molar-refractivity contribution >= 4 is 22.5 Å². The third kappa shape index (κ3) is 3.50. The molecule has 0 amide bonds. The first kappa shape index (κ1) is 17.5. The van der Waals surface area contributed by atoms with E-state index in [1.807, 2.05) is 30.3 Å². The molecule has 1 fully saturated rings. The van der Waals surface area contributed by atoms with Crippen LogP contribution in [0.15, 0.2) is 48.7 Å². The van der Waals surface area contributed by atoms with Gasteiger partial charge in [0.1, 0.15) is 17.3 Å². The van der Waals surface area contributed by atoms with E-state index in [9.17, 15) is 4.79 Å². The van der Waals surface area contributed by atoms with Crippen molar-refractivity contribution in [2.45, 2.75) is 19.8 Å². The van der Waals surface area contributed by atoms with E-state index in [4.69, 9.17) is 9.72 Å². The van der Waals surface area contributed by atoms with Gasteiger partial charge in [0.2, 0.25) is 0 Å². The second kappa shape index (κ2) is 7.35. The third-order valence-electron chi connectivity index (χ3n) is 5.24. The monoisotopic (exact) mass is 361 g/mol. The first-order valence-electron chi connectivity index (χ1n) is 9.31. The predicted octanol–water partition coefficient (Wildman–Crippen LogP) is 4.05. The number of carbonyl (C=O) groups excluding carboxylic acids is 1. The Bertz CT molecular complexity index is 972. The van der Waals surface area contributed by atoms with Gasteiger partial charge in [0.25, 0.3) is 0 Å². The molecule has 0 N–H and O–H groups in total. The third-order valence-corrected chi connectivity index (χ3v) is 5.24. The number of nitrogens with zero attached hydrogens (tertiary/aromatic N) is 3. The summed E-state index contributed by atoms with van der Waals surface area (Å²) < 4.78 is 5.34. The Morgan fingerprint density at radius 3 is 2.89 bits per heavy atom. The number of anilines is 1. The molecule has 2 aromatic heterocycles. The molecule has 5 heteroatoms. The summed E-state index contributed by atoms with van der Waals surface area (Å²) in [6.45, 7) is 3.69. The van der Waals surface area contributed by atoms with Gasteiger partial charge in [-0.25, -0.2) is 4.98 Å². The number of piperidine rings is 1. The van der Waals surface area contributed by atoms with Crippen molar-refractivity contribution < 1.29 is 9.53 Å². The number of fused-ring (bicyclic) bond motifs is 1. The molecular formula is C22H23N3O2. The summed E-state index contributed by atoms with van der Waals surface area (Å²) in [5, 5.41) is 1.12. The van der Waals surface area contributed by atoms with E-state index in [-0.39, 0.29) is 11.7 Å². The van der Waals surface area contributed by atoms with Crippen molar-refractivity contribution in [3.8, 4) is 5.75 Å². The molecule has 3 heterocycles. The summed E-state index contributed by atoms with van der Waals surface area (Å²) in [6.07, 6.45) is 3.54. The molecule has 0 bridgehead atoms. The van der Waals surface area contributed by atoms with Gasteiger partial charge < -0.3 is 9.64 Å². The van der Waals surface area contributed by atoms with Crippen LogP contribution in [0.25, 0.3) is 10.9 Å². The average Bonchev–Trinajstić information content (AvgIpc) is 2.73. The molecule has 138 valence electrons. The Hall–Kier alpha value is -2.95. The van der Waals surface area contributed by atoms with Crippen LogP contribution in [0.5, 0.6) is 5.75 Å². The van der Waals surface area contributed by atoms with Gasteiger partial charge in [-0.3, -0.25) is 9.78 Å². The van der Waals surface area contributed by atoms with Crippen LogP contribution in [0.4, 0.5) is 5.82 Å². The predicted molar refractivity (Wildman–Crippen MR) is 107 cm³/mol. The fraction of sp³-hybridized carbons (Fsp3) is 0.318. The lowest BCUT2D eigenvalue weighted by Gasteiger charge is -2.33. The standard InChI is InChI=1S/C22H23N3O2/c1-15-12-21(24-20-13-17(27-2)8-9-18(15)20)25-11-5-6-16(14-25)22(26)19-7-3-4-10-23-19/h3-4,7-10,12-13,16H,5-6,11,14H2,1-2H3. The Morgan fingerprint density at radius 2 is 2.11 bits per heavy atom. The van der Waals surface area contributed by atoms with Crippen LogP contribution in [0.2, 0.25) is 0 Å². The number of ketones is 1. The van der Waals surface area contributed by atoms with Gasteiger partial charge in [0.15, 0.2) is 5.78 Å². The number of aryl methyl sites for hydroxylation is 1. The molecule has 0 radical (unpaired) electrons. The van der Waals surface area contributed by atoms with Crippen molar-refractivity contribution in [1.82, 2.24) is 9.97 Å². The van der Waals surface area contributed by atoms with E-state index < -0.39 is 0 Å². The minimum Gasteiger partial charge on any atom is -0.497 e. The SMILES string of the molecule is COc1ccc2c(C)cc(N3CCCC(C(=O)c4ccccn4)C3)nc2c1. The number of ether oxygens (including phenoxy) is 1. The Balaban J connectivity index is 1.62. The molecule has 1 aromatic carbocycles. The molecule has 27 heavy (non-hydrogen) atoms. The fourth-order valence-corrected chi connectivity index (χ4v) is 3.77. The number of benzene rings is 1. The molecule has 1 atom stereocenters. The second-order valence-electron chi connectivity index (χ2n) is 7.04. The quantitative estimate of drug-likeness (QED) is 0.656. The van der Waals surface area contributed by atoms with Gasteiger partial charge >= 0.3 is 0 Å². The van der Waals surface area contributed by atoms with Crippen molar-refractivity contribution in [2.75, 3.05) is 25.1 Å². The summed E-state index contributed by atoms with van der Waals surface area (Å²) in [4.78, 5) is 24.1. The van der Waals surface area contributed by atoms with Gasteiger partial charge in [-0.05, 0) is 55.7 Å². The highest BCUT2D eigenvalue weighted by Gasteiger charge is 2.28. The van der Waals surface area contributed by atoms with Crippen molar-refractivity contribution in [3.63, 3.8) is 0 Å². The number of Topliss-reactive ketones (excluding diaryl/α,β-unsaturated/α-hetero) is 1. The van der Waals surface area contributed by atoms with E-state index >= 15 is 0 Å². The topological polar surface area (TPSA) is 55.3 Å². The van der Waals surface area contributed by atoms with Crippen LogP contribution in [0.1, 0.15) is 28.9 Å². The summed E-state index contributed by atoms with van der Waals surface area (Å²) in [5.74, 6) is 1.80. The zero-order valence-electron chi connectivity index (χ0n) is 15.7. The molecular weight excluding hydrogens is 338 g/mol. The van der Waals surface area contributed by atoms with E-state index in [1.165, 1.54) is 5.56 Å². The lowest BCUT2D eigenvalue weighted by molar-refractivity contribution is 0.0902. The molecule has 1 aliphatic heterocycles. The highest BCUT2D eigenvalue weighted by atomic mass is 16.5. The Labute approximate surface area is 159 Å². The zero-order valence-corrected chi connectivity index (χ0v) is 15.7. The van der Waals surface area contributed by atoms with Crippen LogP contribution in [-0.4, -0.2) is 36.0 Å². The van der Waals surface area contributed by atoms with E-state index in [2.05, 4.69) is 22.9 Å². The van der Waals surface area contributed by atoms with Gasteiger partial charge in [-0.15, -0.1) is 0 Å². The molecule has 3 aromatic rings. The number of carbonyl (C=O) groups is 1. The van der Waals surface area contributed by atoms with Gasteiger partial charge in [-0.2, -0.15) is 0 Å². The number of aromatic nitrogens is 2. The van der Waals surface area contributed by atoms with Gasteiger partial charge in [0.05, 0.1) is 12.6 Å². The van der Waals surface area contributed by atoms with E-state index in [0.29, 0.717) is 12.2 Å². The maximum Gasteiger partial charge on any atom is 0.185 e. The molecule has 1 aliphatic rings. The summed E-state index contributed by atoms with van der Waals surface area (Å²) in [5.41, 5.74) is 2.65. The summed E-state index contributed by atoms with van der Waals surface area (Å²) in [7, 11) is 1.66. The molecule has 1 unspecified atom stereocenters. The van der Waals surface area contributed by atoms with Gasteiger partial charge in [-0.1, -0.05) is 6.07 Å². The van der Waals surface area contributed by atoms with Gasteiger partial charge in [0, 0.05) is 36.7 Å². The lowest BCUT2D eigenvalue weighted by Crippen LogP contribution is -2.39. The smallest absolute Gasteiger partial charge is 0.185 e. The maximum absolute atomic E-state index is 12.8. The fourth-order valence-electron chi connectivity index (χ4n) is 3.77. The highest BCUT2D eigenvalue weighted by Crippen LogP contribution is 2.29.